The Morgan fingerprint density at radius 2 is 1.95 bits per heavy atom. The van der Waals surface area contributed by atoms with Gasteiger partial charge in [0.1, 0.15) is 0 Å². The number of anilines is 1. The third kappa shape index (κ3) is 4.15. The van der Waals surface area contributed by atoms with E-state index in [1.54, 1.807) is 23.5 Å². The van der Waals surface area contributed by atoms with Gasteiger partial charge in [-0.25, -0.2) is 0 Å². The van der Waals surface area contributed by atoms with Gasteiger partial charge in [-0.1, -0.05) is 6.07 Å². The van der Waals surface area contributed by atoms with E-state index in [4.69, 9.17) is 0 Å². The fourth-order valence-corrected chi connectivity index (χ4v) is 2.81. The minimum Gasteiger partial charge on any atom is -0.339 e. The molecule has 0 saturated carbocycles. The lowest BCUT2D eigenvalue weighted by Gasteiger charge is -2.20. The quantitative estimate of drug-likeness (QED) is 0.793. The number of rotatable bonds is 2. The molecule has 0 N–H and O–H groups in total. The summed E-state index contributed by atoms with van der Waals surface area (Å²) in [5, 5.41) is 5.13. The maximum Gasteiger partial charge on any atom is 0.159 e. The van der Waals surface area contributed by atoms with Gasteiger partial charge in [0.15, 0.2) is 12.1 Å². The highest BCUT2D eigenvalue weighted by molar-refractivity contribution is 7.14. The molecular weight excluding hydrogens is 278 g/mol. The molecule has 1 aliphatic rings. The molecule has 3 nitrogen and oxygen atoms in total. The Balaban J connectivity index is 0.000000163. The predicted octanol–water partition coefficient (Wildman–Crippen LogP) is 3.60. The van der Waals surface area contributed by atoms with Crippen LogP contribution < -0.4 is 4.90 Å². The van der Waals surface area contributed by atoms with Crippen LogP contribution in [-0.2, 0) is 4.79 Å². The minimum absolute atomic E-state index is 0.225. The molecule has 0 aromatic carbocycles. The van der Waals surface area contributed by atoms with Gasteiger partial charge in [-0.2, -0.15) is 0 Å². The number of aldehydes is 1. The van der Waals surface area contributed by atoms with E-state index < -0.39 is 0 Å². The van der Waals surface area contributed by atoms with Crippen molar-refractivity contribution in [3.05, 3.63) is 52.2 Å². The average molecular weight is 291 g/mol. The van der Waals surface area contributed by atoms with Crippen LogP contribution in [0.15, 0.2) is 47.3 Å². The van der Waals surface area contributed by atoms with Crippen molar-refractivity contribution in [3.63, 3.8) is 0 Å². The zero-order chi connectivity index (χ0) is 13.5. The molecule has 5 heteroatoms. The fraction of sp³-hybridized carbons (Fsp3) is 0.143. The Labute approximate surface area is 119 Å². The van der Waals surface area contributed by atoms with Crippen molar-refractivity contribution in [2.24, 2.45) is 0 Å². The molecule has 3 rings (SSSR count). The molecule has 0 fully saturated rings. The Bertz CT molecular complexity index is 544. The fourth-order valence-electron chi connectivity index (χ4n) is 1.54. The van der Waals surface area contributed by atoms with Crippen LogP contribution >= 0.6 is 22.7 Å². The number of allylic oxidation sites excluding steroid dienone is 1. The molecule has 0 unspecified atom stereocenters. The molecule has 2 aromatic heterocycles. The second-order valence-electron chi connectivity index (χ2n) is 3.81. The normalized spacial score (nSPS) is 13.9. The van der Waals surface area contributed by atoms with Crippen LogP contribution in [0.3, 0.4) is 0 Å². The second-order valence-corrected chi connectivity index (χ2v) is 5.72. The van der Waals surface area contributed by atoms with Gasteiger partial charge in [-0.3, -0.25) is 9.59 Å². The lowest BCUT2D eigenvalue weighted by atomic mass is 10.2. The van der Waals surface area contributed by atoms with E-state index in [9.17, 15) is 9.59 Å². The molecule has 19 heavy (non-hydrogen) atoms. The Kier molecular flexibility index (Phi) is 5.06. The van der Waals surface area contributed by atoms with Gasteiger partial charge >= 0.3 is 0 Å². The number of carbonyl (C=O) groups is 2. The van der Waals surface area contributed by atoms with E-state index in [2.05, 4.69) is 11.0 Å². The first-order valence-electron chi connectivity index (χ1n) is 5.79. The zero-order valence-electron chi connectivity index (χ0n) is 10.2. The highest BCUT2D eigenvalue weighted by atomic mass is 32.1. The second kappa shape index (κ2) is 7.01. The van der Waals surface area contributed by atoms with Crippen LogP contribution in [-0.4, -0.2) is 18.6 Å². The summed E-state index contributed by atoms with van der Waals surface area (Å²) in [5.74, 6) is 0.225. The van der Waals surface area contributed by atoms with Gasteiger partial charge in [-0.05, 0) is 35.0 Å². The van der Waals surface area contributed by atoms with Gasteiger partial charge in [0.2, 0.25) is 0 Å². The third-order valence-electron chi connectivity index (χ3n) is 2.49. The van der Waals surface area contributed by atoms with Gasteiger partial charge in [-0.15, -0.1) is 22.7 Å². The van der Waals surface area contributed by atoms with Crippen molar-refractivity contribution in [3.8, 4) is 0 Å². The van der Waals surface area contributed by atoms with Crippen LogP contribution in [0.1, 0.15) is 16.1 Å². The molecule has 0 bridgehead atoms. The van der Waals surface area contributed by atoms with Crippen LogP contribution in [0.2, 0.25) is 0 Å². The largest absolute Gasteiger partial charge is 0.339 e. The zero-order valence-corrected chi connectivity index (χ0v) is 11.8. The topological polar surface area (TPSA) is 37.4 Å². The van der Waals surface area contributed by atoms with E-state index in [0.29, 0.717) is 6.42 Å². The summed E-state index contributed by atoms with van der Waals surface area (Å²) < 4.78 is 0. The average Bonchev–Trinajstić information content (AvgIpc) is 3.14. The summed E-state index contributed by atoms with van der Waals surface area (Å²) in [7, 11) is 0. The Hall–Kier alpha value is -1.72. The van der Waals surface area contributed by atoms with Gasteiger partial charge in [0.05, 0.1) is 9.88 Å². The Morgan fingerprint density at radius 1 is 1.16 bits per heavy atom. The van der Waals surface area contributed by atoms with E-state index >= 15 is 0 Å². The highest BCUT2D eigenvalue weighted by Crippen LogP contribution is 2.23. The SMILES string of the molecule is O=C1C=CN(c2cccs2)CC1.O=Cc1cccs1. The highest BCUT2D eigenvalue weighted by Gasteiger charge is 2.10. The summed E-state index contributed by atoms with van der Waals surface area (Å²) in [5.41, 5.74) is 0. The monoisotopic (exact) mass is 291 g/mol. The van der Waals surface area contributed by atoms with Crippen molar-refractivity contribution in [2.45, 2.75) is 6.42 Å². The first-order chi connectivity index (χ1) is 9.29. The number of hydrogen-bond acceptors (Lipinski definition) is 5. The van der Waals surface area contributed by atoms with Crippen molar-refractivity contribution >= 4 is 39.7 Å². The van der Waals surface area contributed by atoms with E-state index in [-0.39, 0.29) is 5.78 Å². The molecule has 1 aliphatic heterocycles. The van der Waals surface area contributed by atoms with Crippen LogP contribution in [0.4, 0.5) is 5.00 Å². The lowest BCUT2D eigenvalue weighted by Crippen LogP contribution is -2.22. The summed E-state index contributed by atoms with van der Waals surface area (Å²) >= 11 is 3.15. The smallest absolute Gasteiger partial charge is 0.159 e. The molecular formula is C14H13NO2S2. The predicted molar refractivity (Wildman–Crippen MR) is 80.1 cm³/mol. The molecule has 0 saturated heterocycles. The van der Waals surface area contributed by atoms with Crippen LogP contribution in [0.25, 0.3) is 0 Å². The maximum atomic E-state index is 10.9. The van der Waals surface area contributed by atoms with Gasteiger partial charge in [0.25, 0.3) is 0 Å². The molecule has 0 aliphatic carbocycles. The third-order valence-corrected chi connectivity index (χ3v) is 4.19. The minimum atomic E-state index is 0.225. The van der Waals surface area contributed by atoms with Gasteiger partial charge in [0, 0.05) is 19.2 Å². The summed E-state index contributed by atoms with van der Waals surface area (Å²) in [6.07, 6.45) is 4.99. The number of hydrogen-bond donors (Lipinski definition) is 0. The molecule has 0 spiro atoms. The molecule has 0 amide bonds. The summed E-state index contributed by atoms with van der Waals surface area (Å²) in [4.78, 5) is 23.6. The first-order valence-corrected chi connectivity index (χ1v) is 7.55. The maximum absolute atomic E-state index is 10.9. The van der Waals surface area contributed by atoms with E-state index in [1.165, 1.54) is 16.3 Å². The van der Waals surface area contributed by atoms with Crippen molar-refractivity contribution < 1.29 is 9.59 Å². The number of ketones is 1. The molecule has 3 heterocycles. The first kappa shape index (κ1) is 13.7. The molecule has 98 valence electrons. The number of nitrogens with zero attached hydrogens (tertiary/aromatic N) is 1. The Morgan fingerprint density at radius 3 is 2.42 bits per heavy atom. The van der Waals surface area contributed by atoms with Gasteiger partial charge < -0.3 is 4.90 Å². The summed E-state index contributed by atoms with van der Waals surface area (Å²) in [6.45, 7) is 0.815. The molecule has 2 aromatic rings. The van der Waals surface area contributed by atoms with Crippen LogP contribution in [0, 0.1) is 0 Å². The van der Waals surface area contributed by atoms with Crippen molar-refractivity contribution in [1.82, 2.24) is 0 Å². The number of carbonyl (C=O) groups excluding carboxylic acids is 2. The molecule has 0 atom stereocenters. The van der Waals surface area contributed by atoms with E-state index in [0.717, 1.165) is 17.7 Å². The van der Waals surface area contributed by atoms with Crippen molar-refractivity contribution in [2.75, 3.05) is 11.4 Å². The molecule has 0 radical (unpaired) electrons. The lowest BCUT2D eigenvalue weighted by molar-refractivity contribution is -0.114. The van der Waals surface area contributed by atoms with Crippen LogP contribution in [0.5, 0.6) is 0 Å². The number of thiophene rings is 2. The van der Waals surface area contributed by atoms with E-state index in [1.807, 2.05) is 29.1 Å². The standard InChI is InChI=1S/C9H9NOS.C5H4OS/c11-8-3-5-10(6-4-8)9-2-1-7-12-9;6-4-5-2-1-3-7-5/h1-3,5,7H,4,6H2;1-4H. The summed E-state index contributed by atoms with van der Waals surface area (Å²) in [6, 6.07) is 7.72. The van der Waals surface area contributed by atoms with Crippen molar-refractivity contribution in [1.29, 1.82) is 0 Å².